The summed E-state index contributed by atoms with van der Waals surface area (Å²) in [5, 5.41) is 3.60. The van der Waals surface area contributed by atoms with Gasteiger partial charge in [-0.25, -0.2) is 0 Å². The Kier molecular flexibility index (Phi) is 3.80. The number of methoxy groups -OCH3 is 1. The first kappa shape index (κ1) is 14.3. The van der Waals surface area contributed by atoms with Gasteiger partial charge in [0.05, 0.1) is 7.11 Å². The Morgan fingerprint density at radius 3 is 2.60 bits per heavy atom. The topological polar surface area (TPSA) is 41.6 Å². The van der Waals surface area contributed by atoms with Gasteiger partial charge >= 0.3 is 5.97 Å². The van der Waals surface area contributed by atoms with E-state index in [-0.39, 0.29) is 5.97 Å². The Hall–Kier alpha value is -0.610. The second kappa shape index (κ2) is 5.30. The highest BCUT2D eigenvalue weighted by atomic mass is 16.5. The van der Waals surface area contributed by atoms with Gasteiger partial charge in [0.1, 0.15) is 5.54 Å². The van der Waals surface area contributed by atoms with E-state index in [1.807, 2.05) is 0 Å². The fourth-order valence-electron chi connectivity index (χ4n) is 4.33. The number of carbonyl (C=O) groups is 1. The Balaban J connectivity index is 1.70. The quantitative estimate of drug-likeness (QED) is 0.799. The zero-order valence-corrected chi connectivity index (χ0v) is 13.0. The lowest BCUT2D eigenvalue weighted by atomic mass is 9.96. The van der Waals surface area contributed by atoms with Crippen molar-refractivity contribution in [2.24, 2.45) is 5.92 Å². The molecule has 0 aromatic heterocycles. The molecule has 1 saturated heterocycles. The second-order valence-corrected chi connectivity index (χ2v) is 7.28. The third-order valence-electron chi connectivity index (χ3n) is 5.42. The number of ether oxygens (including phenoxy) is 1. The largest absolute Gasteiger partial charge is 0.468 e. The molecule has 0 spiro atoms. The van der Waals surface area contributed by atoms with Gasteiger partial charge in [-0.15, -0.1) is 0 Å². The predicted molar refractivity (Wildman–Crippen MR) is 78.5 cm³/mol. The molecule has 1 N–H and O–H groups in total. The first-order valence-corrected chi connectivity index (χ1v) is 8.16. The van der Waals surface area contributed by atoms with Gasteiger partial charge in [-0.05, 0) is 51.4 Å². The van der Waals surface area contributed by atoms with Crippen LogP contribution in [0.1, 0.15) is 52.4 Å². The molecule has 20 heavy (non-hydrogen) atoms. The van der Waals surface area contributed by atoms with E-state index >= 15 is 0 Å². The molecule has 2 aliphatic carbocycles. The zero-order chi connectivity index (χ0) is 14.3. The molecule has 4 unspecified atom stereocenters. The van der Waals surface area contributed by atoms with E-state index in [1.54, 1.807) is 0 Å². The highest BCUT2D eigenvalue weighted by Crippen LogP contribution is 2.40. The van der Waals surface area contributed by atoms with Gasteiger partial charge in [-0.1, -0.05) is 6.92 Å². The molecule has 4 nitrogen and oxygen atoms in total. The number of nitrogens with one attached hydrogen (secondary N) is 1. The van der Waals surface area contributed by atoms with E-state index in [9.17, 15) is 4.79 Å². The summed E-state index contributed by atoms with van der Waals surface area (Å²) < 4.78 is 5.11. The van der Waals surface area contributed by atoms with Gasteiger partial charge in [0.25, 0.3) is 0 Å². The SMILES string of the molecule is COC(=O)C1(NC2CC2)CCC(N2CC(C)CC2C)C1. The van der Waals surface area contributed by atoms with Crippen LogP contribution < -0.4 is 5.32 Å². The highest BCUT2D eigenvalue weighted by molar-refractivity contribution is 5.81. The Bertz CT molecular complexity index is 383. The van der Waals surface area contributed by atoms with E-state index in [0.717, 1.165) is 25.2 Å². The Morgan fingerprint density at radius 1 is 1.30 bits per heavy atom. The van der Waals surface area contributed by atoms with Gasteiger partial charge in [0.15, 0.2) is 0 Å². The van der Waals surface area contributed by atoms with Crippen molar-refractivity contribution >= 4 is 5.97 Å². The minimum Gasteiger partial charge on any atom is -0.468 e. The molecule has 4 atom stereocenters. The molecule has 0 radical (unpaired) electrons. The molecule has 3 rings (SSSR count). The monoisotopic (exact) mass is 280 g/mol. The predicted octanol–water partition coefficient (Wildman–Crippen LogP) is 1.93. The summed E-state index contributed by atoms with van der Waals surface area (Å²) in [5.74, 6) is 0.737. The molecule has 0 amide bonds. The molecule has 3 aliphatic rings. The Labute approximate surface area is 122 Å². The van der Waals surface area contributed by atoms with Crippen molar-refractivity contribution in [3.8, 4) is 0 Å². The summed E-state index contributed by atoms with van der Waals surface area (Å²) in [4.78, 5) is 14.9. The van der Waals surface area contributed by atoms with Crippen LogP contribution >= 0.6 is 0 Å². The van der Waals surface area contributed by atoms with Crippen molar-refractivity contribution < 1.29 is 9.53 Å². The number of nitrogens with zero attached hydrogens (tertiary/aromatic N) is 1. The van der Waals surface area contributed by atoms with Crippen LogP contribution in [0.5, 0.6) is 0 Å². The molecule has 1 heterocycles. The number of hydrogen-bond donors (Lipinski definition) is 1. The summed E-state index contributed by atoms with van der Waals surface area (Å²) in [6.07, 6.45) is 6.68. The van der Waals surface area contributed by atoms with Crippen LogP contribution in [0.2, 0.25) is 0 Å². The van der Waals surface area contributed by atoms with Crippen molar-refractivity contribution in [2.75, 3.05) is 13.7 Å². The molecular weight excluding hydrogens is 252 g/mol. The lowest BCUT2D eigenvalue weighted by molar-refractivity contribution is -0.148. The van der Waals surface area contributed by atoms with E-state index in [0.29, 0.717) is 18.1 Å². The molecule has 2 saturated carbocycles. The van der Waals surface area contributed by atoms with Crippen molar-refractivity contribution in [1.29, 1.82) is 0 Å². The fourth-order valence-corrected chi connectivity index (χ4v) is 4.33. The van der Waals surface area contributed by atoms with Crippen LogP contribution in [0.4, 0.5) is 0 Å². The first-order valence-electron chi connectivity index (χ1n) is 8.16. The lowest BCUT2D eigenvalue weighted by Gasteiger charge is -2.32. The van der Waals surface area contributed by atoms with Crippen LogP contribution in [-0.4, -0.2) is 48.2 Å². The van der Waals surface area contributed by atoms with Crippen LogP contribution in [0, 0.1) is 5.92 Å². The summed E-state index contributed by atoms with van der Waals surface area (Å²) in [6, 6.07) is 1.74. The maximum absolute atomic E-state index is 12.3. The van der Waals surface area contributed by atoms with Gasteiger partial charge < -0.3 is 4.74 Å². The van der Waals surface area contributed by atoms with Gasteiger partial charge in [-0.3, -0.25) is 15.0 Å². The average molecular weight is 280 g/mol. The van der Waals surface area contributed by atoms with Crippen LogP contribution in [0.15, 0.2) is 0 Å². The van der Waals surface area contributed by atoms with Crippen molar-refractivity contribution in [1.82, 2.24) is 10.2 Å². The Morgan fingerprint density at radius 2 is 2.05 bits per heavy atom. The van der Waals surface area contributed by atoms with Crippen molar-refractivity contribution in [3.05, 3.63) is 0 Å². The fraction of sp³-hybridized carbons (Fsp3) is 0.938. The number of rotatable bonds is 4. The van der Waals surface area contributed by atoms with Crippen LogP contribution in [0.3, 0.4) is 0 Å². The standard InChI is InChI=1S/C16H28N2O2/c1-11-8-12(2)18(10-11)14-6-7-16(9-14,15(19)20-3)17-13-4-5-13/h11-14,17H,4-10H2,1-3H3. The number of hydrogen-bond acceptors (Lipinski definition) is 4. The first-order chi connectivity index (χ1) is 9.54. The number of likely N-dealkylation sites (tertiary alicyclic amines) is 1. The smallest absolute Gasteiger partial charge is 0.326 e. The summed E-state index contributed by atoms with van der Waals surface area (Å²) in [5.41, 5.74) is -0.411. The molecular formula is C16H28N2O2. The maximum atomic E-state index is 12.3. The normalized spacial score (nSPS) is 42.0. The number of esters is 1. The van der Waals surface area contributed by atoms with Gasteiger partial charge in [0, 0.05) is 24.7 Å². The third kappa shape index (κ3) is 2.60. The van der Waals surface area contributed by atoms with Crippen molar-refractivity contribution in [2.45, 2.75) is 76.0 Å². The molecule has 4 heteroatoms. The zero-order valence-electron chi connectivity index (χ0n) is 13.0. The van der Waals surface area contributed by atoms with E-state index in [4.69, 9.17) is 4.74 Å². The summed E-state index contributed by atoms with van der Waals surface area (Å²) in [7, 11) is 1.52. The molecule has 0 bridgehead atoms. The maximum Gasteiger partial charge on any atom is 0.326 e. The van der Waals surface area contributed by atoms with Crippen LogP contribution in [-0.2, 0) is 9.53 Å². The third-order valence-corrected chi connectivity index (χ3v) is 5.42. The molecule has 3 fully saturated rings. The van der Waals surface area contributed by atoms with Gasteiger partial charge in [0.2, 0.25) is 0 Å². The lowest BCUT2D eigenvalue weighted by Crippen LogP contribution is -2.53. The molecule has 0 aromatic rings. The second-order valence-electron chi connectivity index (χ2n) is 7.28. The van der Waals surface area contributed by atoms with E-state index in [2.05, 4.69) is 24.1 Å². The minimum atomic E-state index is -0.411. The average Bonchev–Trinajstić information content (AvgIpc) is 3.01. The highest BCUT2D eigenvalue weighted by Gasteiger charge is 2.51. The van der Waals surface area contributed by atoms with E-state index < -0.39 is 5.54 Å². The number of carbonyl (C=O) groups excluding carboxylic acids is 1. The summed E-state index contributed by atoms with van der Waals surface area (Å²) in [6.45, 7) is 5.85. The molecule has 1 aliphatic heterocycles. The van der Waals surface area contributed by atoms with Crippen LogP contribution in [0.25, 0.3) is 0 Å². The summed E-state index contributed by atoms with van der Waals surface area (Å²) >= 11 is 0. The van der Waals surface area contributed by atoms with Gasteiger partial charge in [-0.2, -0.15) is 0 Å². The molecule has 114 valence electrons. The molecule has 0 aromatic carbocycles. The van der Waals surface area contributed by atoms with E-state index in [1.165, 1.54) is 32.9 Å². The minimum absolute atomic E-state index is 0.0493. The van der Waals surface area contributed by atoms with Crippen molar-refractivity contribution in [3.63, 3.8) is 0 Å².